The zero-order valence-electron chi connectivity index (χ0n) is 12.0. The molecule has 5 heteroatoms. The second kappa shape index (κ2) is 5.58. The molecule has 3 rings (SSSR count). The second-order valence-electron chi connectivity index (χ2n) is 5.81. The minimum Gasteiger partial charge on any atom is -0.468 e. The number of hydrogen-bond acceptors (Lipinski definition) is 4. The number of piperazine rings is 1. The van der Waals surface area contributed by atoms with Crippen molar-refractivity contribution in [1.29, 1.82) is 0 Å². The highest BCUT2D eigenvalue weighted by Crippen LogP contribution is 2.31. The van der Waals surface area contributed by atoms with E-state index in [1.807, 2.05) is 17.0 Å². The van der Waals surface area contributed by atoms with E-state index in [-0.39, 0.29) is 12.1 Å². The molecule has 5 nitrogen and oxygen atoms in total. The van der Waals surface area contributed by atoms with Crippen LogP contribution in [0.15, 0.2) is 22.8 Å². The lowest BCUT2D eigenvalue weighted by Crippen LogP contribution is -2.54. The highest BCUT2D eigenvalue weighted by molar-refractivity contribution is 5.78. The van der Waals surface area contributed by atoms with Gasteiger partial charge in [0.1, 0.15) is 5.76 Å². The molecule has 1 amide bonds. The van der Waals surface area contributed by atoms with Gasteiger partial charge in [-0.2, -0.15) is 0 Å². The molecule has 2 N–H and O–H groups in total. The summed E-state index contributed by atoms with van der Waals surface area (Å²) in [7, 11) is 0. The van der Waals surface area contributed by atoms with E-state index in [1.54, 1.807) is 6.26 Å². The van der Waals surface area contributed by atoms with Crippen LogP contribution < -0.4 is 5.73 Å². The quantitative estimate of drug-likeness (QED) is 0.902. The largest absolute Gasteiger partial charge is 0.468 e. The first-order valence-electron chi connectivity index (χ1n) is 7.53. The fourth-order valence-corrected chi connectivity index (χ4v) is 3.49. The van der Waals surface area contributed by atoms with Gasteiger partial charge in [-0.3, -0.25) is 9.69 Å². The molecular weight excluding hydrogens is 254 g/mol. The van der Waals surface area contributed by atoms with Gasteiger partial charge in [0, 0.05) is 38.1 Å². The van der Waals surface area contributed by atoms with Gasteiger partial charge < -0.3 is 15.1 Å². The lowest BCUT2D eigenvalue weighted by Gasteiger charge is -2.42. The summed E-state index contributed by atoms with van der Waals surface area (Å²) in [6, 6.07) is 4.46. The first-order chi connectivity index (χ1) is 9.70. The predicted molar refractivity (Wildman–Crippen MR) is 76.0 cm³/mol. The third-order valence-electron chi connectivity index (χ3n) is 4.63. The molecule has 2 fully saturated rings. The molecule has 0 spiro atoms. The van der Waals surface area contributed by atoms with Crippen LogP contribution in [-0.2, 0) is 4.79 Å². The smallest absolute Gasteiger partial charge is 0.222 e. The van der Waals surface area contributed by atoms with Crippen molar-refractivity contribution in [2.75, 3.05) is 19.6 Å². The van der Waals surface area contributed by atoms with Crippen LogP contribution in [0.2, 0.25) is 0 Å². The highest BCUT2D eigenvalue weighted by atomic mass is 16.3. The number of nitrogens with two attached hydrogens (primary N) is 1. The van der Waals surface area contributed by atoms with Crippen molar-refractivity contribution in [2.45, 2.75) is 44.3 Å². The predicted octanol–water partition coefficient (Wildman–Crippen LogP) is 1.36. The van der Waals surface area contributed by atoms with E-state index in [0.29, 0.717) is 18.4 Å². The molecule has 2 aliphatic rings. The molecule has 0 bridgehead atoms. The van der Waals surface area contributed by atoms with Crippen LogP contribution >= 0.6 is 0 Å². The molecule has 3 atom stereocenters. The van der Waals surface area contributed by atoms with Gasteiger partial charge in [0.15, 0.2) is 0 Å². The summed E-state index contributed by atoms with van der Waals surface area (Å²) in [5.41, 5.74) is 6.32. The fourth-order valence-electron chi connectivity index (χ4n) is 3.49. The van der Waals surface area contributed by atoms with E-state index >= 15 is 0 Å². The van der Waals surface area contributed by atoms with E-state index in [0.717, 1.165) is 38.2 Å². The van der Waals surface area contributed by atoms with Crippen molar-refractivity contribution in [3.8, 4) is 0 Å². The number of carbonyl (C=O) groups is 1. The Morgan fingerprint density at radius 1 is 1.50 bits per heavy atom. The molecule has 2 saturated heterocycles. The van der Waals surface area contributed by atoms with E-state index in [1.165, 1.54) is 0 Å². The number of carbonyl (C=O) groups excluding carboxylic acids is 1. The van der Waals surface area contributed by atoms with Gasteiger partial charge in [0.25, 0.3) is 0 Å². The Kier molecular flexibility index (Phi) is 3.81. The van der Waals surface area contributed by atoms with Crippen molar-refractivity contribution in [2.24, 2.45) is 5.73 Å². The minimum absolute atomic E-state index is 0.0600. The molecular formula is C15H23N3O2. The standard InChI is InChI=1S/C15H23N3O2/c1-2-12(16)15(13-4-3-9-20-13)17-7-8-18-11(10-17)5-6-14(18)19/h3-4,9,11-12,15H,2,5-8,10,16H2,1H3. The maximum atomic E-state index is 11.8. The van der Waals surface area contributed by atoms with Crippen molar-refractivity contribution in [1.82, 2.24) is 9.80 Å². The average molecular weight is 277 g/mol. The van der Waals surface area contributed by atoms with Crippen LogP contribution in [0.3, 0.4) is 0 Å². The van der Waals surface area contributed by atoms with Crippen molar-refractivity contribution in [3.63, 3.8) is 0 Å². The van der Waals surface area contributed by atoms with Gasteiger partial charge in [-0.1, -0.05) is 6.92 Å². The first kappa shape index (κ1) is 13.6. The van der Waals surface area contributed by atoms with E-state index in [4.69, 9.17) is 10.2 Å². The molecule has 3 unspecified atom stereocenters. The minimum atomic E-state index is 0.0600. The number of amides is 1. The molecule has 3 heterocycles. The number of furan rings is 1. The van der Waals surface area contributed by atoms with Gasteiger partial charge in [-0.15, -0.1) is 0 Å². The van der Waals surface area contributed by atoms with Crippen LogP contribution in [0.4, 0.5) is 0 Å². The maximum absolute atomic E-state index is 11.8. The first-order valence-corrected chi connectivity index (χ1v) is 7.53. The zero-order valence-corrected chi connectivity index (χ0v) is 12.0. The molecule has 0 saturated carbocycles. The Morgan fingerprint density at radius 2 is 2.35 bits per heavy atom. The average Bonchev–Trinajstić information content (AvgIpc) is 3.10. The van der Waals surface area contributed by atoms with Gasteiger partial charge in [0.2, 0.25) is 5.91 Å². The molecule has 1 aromatic heterocycles. The summed E-state index contributed by atoms with van der Waals surface area (Å²) < 4.78 is 5.60. The molecule has 0 aliphatic carbocycles. The molecule has 20 heavy (non-hydrogen) atoms. The lowest BCUT2D eigenvalue weighted by atomic mass is 10.00. The fraction of sp³-hybridized carbons (Fsp3) is 0.667. The van der Waals surface area contributed by atoms with Crippen molar-refractivity contribution in [3.05, 3.63) is 24.2 Å². The Balaban J connectivity index is 1.77. The Bertz CT molecular complexity index is 460. The number of hydrogen-bond donors (Lipinski definition) is 1. The molecule has 1 aromatic rings. The molecule has 2 aliphatic heterocycles. The van der Waals surface area contributed by atoms with E-state index in [2.05, 4.69) is 11.8 Å². The van der Waals surface area contributed by atoms with E-state index < -0.39 is 0 Å². The van der Waals surface area contributed by atoms with Crippen molar-refractivity contribution >= 4 is 5.91 Å². The van der Waals surface area contributed by atoms with Crippen LogP contribution in [0, 0.1) is 0 Å². The number of nitrogens with zero attached hydrogens (tertiary/aromatic N) is 2. The Labute approximate surface area is 119 Å². The second-order valence-corrected chi connectivity index (χ2v) is 5.81. The molecule has 0 aromatic carbocycles. The normalized spacial score (nSPS) is 26.6. The SMILES string of the molecule is CCC(N)C(c1ccco1)N1CCN2C(=O)CCC2C1. The molecule has 0 radical (unpaired) electrons. The summed E-state index contributed by atoms with van der Waals surface area (Å²) in [6.45, 7) is 4.71. The van der Waals surface area contributed by atoms with Gasteiger partial charge in [-0.05, 0) is 25.0 Å². The summed E-state index contributed by atoms with van der Waals surface area (Å²) >= 11 is 0. The van der Waals surface area contributed by atoms with Gasteiger partial charge in [0.05, 0.1) is 12.3 Å². The van der Waals surface area contributed by atoms with Crippen LogP contribution in [0.25, 0.3) is 0 Å². The van der Waals surface area contributed by atoms with Crippen LogP contribution in [-0.4, -0.2) is 47.4 Å². The Morgan fingerprint density at radius 3 is 3.05 bits per heavy atom. The Hall–Kier alpha value is -1.33. The van der Waals surface area contributed by atoms with Gasteiger partial charge in [-0.25, -0.2) is 0 Å². The van der Waals surface area contributed by atoms with Crippen LogP contribution in [0.5, 0.6) is 0 Å². The third kappa shape index (κ3) is 2.36. The topological polar surface area (TPSA) is 62.7 Å². The number of rotatable bonds is 4. The summed E-state index contributed by atoms with van der Waals surface area (Å²) in [6.07, 6.45) is 4.29. The van der Waals surface area contributed by atoms with E-state index in [9.17, 15) is 4.79 Å². The lowest BCUT2D eigenvalue weighted by molar-refractivity contribution is -0.131. The monoisotopic (exact) mass is 277 g/mol. The number of fused-ring (bicyclic) bond motifs is 1. The highest BCUT2D eigenvalue weighted by Gasteiger charge is 2.39. The van der Waals surface area contributed by atoms with Crippen molar-refractivity contribution < 1.29 is 9.21 Å². The molecule has 110 valence electrons. The summed E-state index contributed by atoms with van der Waals surface area (Å²) in [5.74, 6) is 1.25. The maximum Gasteiger partial charge on any atom is 0.222 e. The summed E-state index contributed by atoms with van der Waals surface area (Å²) in [5, 5.41) is 0. The zero-order chi connectivity index (χ0) is 14.1. The van der Waals surface area contributed by atoms with Crippen LogP contribution in [0.1, 0.15) is 38.0 Å². The summed E-state index contributed by atoms with van der Waals surface area (Å²) in [4.78, 5) is 16.2. The van der Waals surface area contributed by atoms with Gasteiger partial charge >= 0.3 is 0 Å². The third-order valence-corrected chi connectivity index (χ3v) is 4.63.